The molecule has 0 fully saturated rings. The number of hydrogen-bond donors (Lipinski definition) is 1. The van der Waals surface area contributed by atoms with E-state index in [1.807, 2.05) is 42.2 Å². The summed E-state index contributed by atoms with van der Waals surface area (Å²) in [5, 5.41) is 8.45. The van der Waals surface area contributed by atoms with Crippen molar-refractivity contribution in [2.24, 2.45) is 0 Å². The van der Waals surface area contributed by atoms with Crippen LogP contribution in [-0.4, -0.2) is 16.8 Å². The molecule has 2 aromatic rings. The van der Waals surface area contributed by atoms with E-state index in [0.29, 0.717) is 12.6 Å². The second kappa shape index (κ2) is 6.03. The van der Waals surface area contributed by atoms with Gasteiger partial charge in [-0.2, -0.15) is 5.10 Å². The van der Waals surface area contributed by atoms with E-state index in [9.17, 15) is 0 Å². The van der Waals surface area contributed by atoms with Crippen LogP contribution in [0.4, 0.5) is 0 Å². The van der Waals surface area contributed by atoms with Crippen molar-refractivity contribution in [3.05, 3.63) is 52.8 Å². The molecule has 0 aliphatic carbocycles. The minimum Gasteiger partial charge on any atom is -0.313 e. The molecule has 1 atom stereocenters. The van der Waals surface area contributed by atoms with Crippen LogP contribution in [0.2, 0.25) is 5.02 Å². The molecule has 0 bridgehead atoms. The van der Waals surface area contributed by atoms with Crippen molar-refractivity contribution in [3.63, 3.8) is 0 Å². The fraction of sp³-hybridized carbons (Fsp3) is 0.357. The molecule has 0 saturated carbocycles. The first kappa shape index (κ1) is 13.1. The topological polar surface area (TPSA) is 29.9 Å². The molecule has 0 amide bonds. The van der Waals surface area contributed by atoms with Crippen LogP contribution in [0, 0.1) is 0 Å². The molecule has 2 rings (SSSR count). The molecule has 0 aliphatic heterocycles. The molecule has 1 aromatic heterocycles. The highest BCUT2D eigenvalue weighted by Crippen LogP contribution is 2.18. The van der Waals surface area contributed by atoms with Crippen LogP contribution in [0.1, 0.15) is 30.5 Å². The Morgan fingerprint density at radius 2 is 2.17 bits per heavy atom. The Morgan fingerprint density at radius 1 is 1.39 bits per heavy atom. The molecule has 0 aliphatic rings. The van der Waals surface area contributed by atoms with Gasteiger partial charge in [-0.25, -0.2) is 0 Å². The van der Waals surface area contributed by atoms with Gasteiger partial charge in [-0.1, -0.05) is 36.7 Å². The Hall–Kier alpha value is -1.32. The first-order valence-electron chi connectivity index (χ1n) is 6.17. The van der Waals surface area contributed by atoms with Crippen molar-refractivity contribution in [3.8, 4) is 0 Å². The molecular formula is C14H18ClN3. The van der Waals surface area contributed by atoms with Crippen LogP contribution in [0.3, 0.4) is 0 Å². The van der Waals surface area contributed by atoms with E-state index < -0.39 is 0 Å². The van der Waals surface area contributed by atoms with Crippen molar-refractivity contribution in [2.75, 3.05) is 7.05 Å². The van der Waals surface area contributed by atoms with Gasteiger partial charge in [-0.15, -0.1) is 0 Å². The summed E-state index contributed by atoms with van der Waals surface area (Å²) in [5.74, 6) is 0. The van der Waals surface area contributed by atoms with Gasteiger partial charge in [0, 0.05) is 22.8 Å². The Labute approximate surface area is 113 Å². The third-order valence-corrected chi connectivity index (χ3v) is 3.47. The van der Waals surface area contributed by atoms with E-state index in [-0.39, 0.29) is 0 Å². The van der Waals surface area contributed by atoms with Crippen molar-refractivity contribution in [1.29, 1.82) is 0 Å². The molecular weight excluding hydrogens is 246 g/mol. The summed E-state index contributed by atoms with van der Waals surface area (Å²) in [6, 6.07) is 8.23. The summed E-state index contributed by atoms with van der Waals surface area (Å²) in [5.41, 5.74) is 2.30. The zero-order chi connectivity index (χ0) is 13.0. The fourth-order valence-corrected chi connectivity index (χ4v) is 2.25. The van der Waals surface area contributed by atoms with Crippen molar-refractivity contribution < 1.29 is 0 Å². The van der Waals surface area contributed by atoms with Crippen molar-refractivity contribution in [1.82, 2.24) is 15.1 Å². The fourth-order valence-electron chi connectivity index (χ4n) is 2.05. The van der Waals surface area contributed by atoms with E-state index in [1.165, 1.54) is 5.56 Å². The molecule has 1 aromatic carbocycles. The Morgan fingerprint density at radius 3 is 2.83 bits per heavy atom. The smallest absolute Gasteiger partial charge is 0.0674 e. The van der Waals surface area contributed by atoms with Gasteiger partial charge in [0.2, 0.25) is 0 Å². The molecule has 1 N–H and O–H groups in total. The average Bonchev–Trinajstić information content (AvgIpc) is 2.82. The molecule has 3 nitrogen and oxygen atoms in total. The molecule has 4 heteroatoms. The lowest BCUT2D eigenvalue weighted by atomic mass is 10.1. The summed E-state index contributed by atoms with van der Waals surface area (Å²) in [7, 11) is 1.97. The molecule has 18 heavy (non-hydrogen) atoms. The summed E-state index contributed by atoms with van der Waals surface area (Å²) in [6.07, 6.45) is 5.05. The summed E-state index contributed by atoms with van der Waals surface area (Å²) >= 11 is 6.14. The van der Waals surface area contributed by atoms with Gasteiger partial charge in [0.1, 0.15) is 0 Å². The number of rotatable bonds is 5. The van der Waals surface area contributed by atoms with Crippen LogP contribution < -0.4 is 5.32 Å². The first-order chi connectivity index (χ1) is 8.74. The monoisotopic (exact) mass is 263 g/mol. The van der Waals surface area contributed by atoms with Crippen molar-refractivity contribution in [2.45, 2.75) is 25.9 Å². The Balaban J connectivity index is 2.14. The molecule has 1 heterocycles. The lowest BCUT2D eigenvalue weighted by Crippen LogP contribution is -2.14. The van der Waals surface area contributed by atoms with Crippen LogP contribution in [0.15, 0.2) is 36.7 Å². The maximum absolute atomic E-state index is 6.14. The van der Waals surface area contributed by atoms with Crippen LogP contribution >= 0.6 is 11.6 Å². The van der Waals surface area contributed by atoms with Crippen LogP contribution in [0.25, 0.3) is 0 Å². The predicted octanol–water partition coefficient (Wildman–Crippen LogP) is 3.26. The van der Waals surface area contributed by atoms with E-state index in [0.717, 1.165) is 17.0 Å². The normalized spacial score (nSPS) is 12.6. The molecule has 0 saturated heterocycles. The summed E-state index contributed by atoms with van der Waals surface area (Å²) in [4.78, 5) is 0. The highest BCUT2D eigenvalue weighted by molar-refractivity contribution is 6.31. The number of nitrogens with zero attached hydrogens (tertiary/aromatic N) is 2. The minimum atomic E-state index is 0.366. The third kappa shape index (κ3) is 2.92. The Kier molecular flexibility index (Phi) is 4.39. The second-order valence-electron chi connectivity index (χ2n) is 4.31. The van der Waals surface area contributed by atoms with E-state index >= 15 is 0 Å². The van der Waals surface area contributed by atoms with E-state index in [1.54, 1.807) is 0 Å². The van der Waals surface area contributed by atoms with Gasteiger partial charge in [0.15, 0.2) is 0 Å². The van der Waals surface area contributed by atoms with Gasteiger partial charge in [-0.3, -0.25) is 4.68 Å². The summed E-state index contributed by atoms with van der Waals surface area (Å²) < 4.78 is 1.93. The van der Waals surface area contributed by atoms with Gasteiger partial charge < -0.3 is 5.32 Å². The maximum atomic E-state index is 6.14. The summed E-state index contributed by atoms with van der Waals surface area (Å²) in [6.45, 7) is 2.87. The zero-order valence-electron chi connectivity index (χ0n) is 10.7. The minimum absolute atomic E-state index is 0.366. The van der Waals surface area contributed by atoms with E-state index in [4.69, 9.17) is 11.6 Å². The number of hydrogen-bond acceptors (Lipinski definition) is 2. The van der Waals surface area contributed by atoms with Gasteiger partial charge in [-0.05, 0) is 25.1 Å². The Bertz CT molecular complexity index is 503. The molecule has 1 unspecified atom stereocenters. The van der Waals surface area contributed by atoms with E-state index in [2.05, 4.69) is 23.5 Å². The van der Waals surface area contributed by atoms with Gasteiger partial charge in [0.25, 0.3) is 0 Å². The lowest BCUT2D eigenvalue weighted by molar-refractivity contribution is 0.575. The molecule has 0 spiro atoms. The number of aromatic nitrogens is 2. The standard InChI is InChI=1S/C14H18ClN3/c1-3-14(16-2)12-8-17-18(10-12)9-11-6-4-5-7-13(11)15/h4-8,10,14,16H,3,9H2,1-2H3. The lowest BCUT2D eigenvalue weighted by Gasteiger charge is -2.10. The highest BCUT2D eigenvalue weighted by Gasteiger charge is 2.09. The highest BCUT2D eigenvalue weighted by atomic mass is 35.5. The number of halogens is 1. The predicted molar refractivity (Wildman–Crippen MR) is 74.9 cm³/mol. The average molecular weight is 264 g/mol. The zero-order valence-corrected chi connectivity index (χ0v) is 11.5. The van der Waals surface area contributed by atoms with Crippen molar-refractivity contribution >= 4 is 11.6 Å². The third-order valence-electron chi connectivity index (χ3n) is 3.10. The number of nitrogens with one attached hydrogen (secondary N) is 1. The quantitative estimate of drug-likeness (QED) is 0.897. The largest absolute Gasteiger partial charge is 0.313 e. The van der Waals surface area contributed by atoms with Gasteiger partial charge in [0.05, 0.1) is 12.7 Å². The maximum Gasteiger partial charge on any atom is 0.0674 e. The number of benzene rings is 1. The first-order valence-corrected chi connectivity index (χ1v) is 6.55. The van der Waals surface area contributed by atoms with Gasteiger partial charge >= 0.3 is 0 Å². The van der Waals surface area contributed by atoms with Crippen LogP contribution in [-0.2, 0) is 6.54 Å². The second-order valence-corrected chi connectivity index (χ2v) is 4.72. The molecule has 96 valence electrons. The molecule has 0 radical (unpaired) electrons. The SMILES string of the molecule is CCC(NC)c1cnn(Cc2ccccc2Cl)c1. The van der Waals surface area contributed by atoms with Crippen LogP contribution in [0.5, 0.6) is 0 Å².